The molecule has 0 spiro atoms. The lowest BCUT2D eigenvalue weighted by Gasteiger charge is -2.43. The highest BCUT2D eigenvalue weighted by atomic mass is 16.5. The molecule has 148 valence electrons. The molecule has 27 heavy (non-hydrogen) atoms. The zero-order chi connectivity index (χ0) is 20.2. The number of ether oxygens (including phenoxy) is 3. The molecule has 0 unspecified atom stereocenters. The van der Waals surface area contributed by atoms with Crippen molar-refractivity contribution in [3.05, 3.63) is 29.8 Å². The van der Waals surface area contributed by atoms with Gasteiger partial charge in [-0.15, -0.1) is 0 Å². The second kappa shape index (κ2) is 8.52. The van der Waals surface area contributed by atoms with Crippen molar-refractivity contribution in [1.29, 1.82) is 0 Å². The number of Topliss-reactive ketones (excluding diaryl/α,β-unsaturated/α-hetero) is 1. The molecule has 7 nitrogen and oxygen atoms in total. The molecule has 0 aromatic heterocycles. The van der Waals surface area contributed by atoms with Crippen LogP contribution in [0.5, 0.6) is 5.75 Å². The molecule has 0 bridgehead atoms. The van der Waals surface area contributed by atoms with E-state index >= 15 is 0 Å². The van der Waals surface area contributed by atoms with E-state index in [1.165, 1.54) is 14.0 Å². The number of esters is 2. The number of carbonyl (C=O) groups excluding carboxylic acids is 3. The molecule has 1 fully saturated rings. The molecular formula is C20H26O7. The minimum Gasteiger partial charge on any atom is -0.497 e. The topological polar surface area (TPSA) is 99.1 Å². The summed E-state index contributed by atoms with van der Waals surface area (Å²) < 4.78 is 15.4. The van der Waals surface area contributed by atoms with E-state index in [2.05, 4.69) is 0 Å². The van der Waals surface area contributed by atoms with E-state index in [4.69, 9.17) is 14.2 Å². The molecule has 1 aliphatic rings. The number of methoxy groups -OCH3 is 1. The Kier molecular flexibility index (Phi) is 6.59. The number of carbonyl (C=O) groups is 3. The summed E-state index contributed by atoms with van der Waals surface area (Å²) in [6.07, 6.45) is -0.327. The molecule has 0 aliphatic heterocycles. The summed E-state index contributed by atoms with van der Waals surface area (Å²) in [7, 11) is 1.52. The van der Waals surface area contributed by atoms with E-state index in [1.807, 2.05) is 0 Å². The first kappa shape index (κ1) is 20.9. The Morgan fingerprint density at radius 1 is 1.11 bits per heavy atom. The van der Waals surface area contributed by atoms with Crippen LogP contribution in [0.15, 0.2) is 24.3 Å². The fourth-order valence-electron chi connectivity index (χ4n) is 3.71. The van der Waals surface area contributed by atoms with Crippen molar-refractivity contribution in [2.45, 2.75) is 38.7 Å². The van der Waals surface area contributed by atoms with Gasteiger partial charge in [0.05, 0.1) is 31.8 Å². The quantitative estimate of drug-likeness (QED) is 0.596. The van der Waals surface area contributed by atoms with Gasteiger partial charge in [0.25, 0.3) is 0 Å². The van der Waals surface area contributed by atoms with Gasteiger partial charge in [0, 0.05) is 12.3 Å². The summed E-state index contributed by atoms with van der Waals surface area (Å²) in [5.74, 6) is -4.39. The van der Waals surface area contributed by atoms with Crippen molar-refractivity contribution < 1.29 is 33.7 Å². The van der Waals surface area contributed by atoms with Crippen molar-refractivity contribution in [2.75, 3.05) is 20.3 Å². The number of benzene rings is 1. The molecule has 2 rings (SSSR count). The van der Waals surface area contributed by atoms with Crippen LogP contribution in [0.4, 0.5) is 0 Å². The predicted molar refractivity (Wildman–Crippen MR) is 96.2 cm³/mol. The monoisotopic (exact) mass is 378 g/mol. The molecule has 0 amide bonds. The maximum absolute atomic E-state index is 12.7. The van der Waals surface area contributed by atoms with E-state index in [9.17, 15) is 19.5 Å². The molecule has 7 heteroatoms. The average Bonchev–Trinajstić information content (AvgIpc) is 2.60. The third-order valence-electron chi connectivity index (χ3n) is 4.85. The normalized spacial score (nSPS) is 27.7. The Morgan fingerprint density at radius 2 is 1.67 bits per heavy atom. The number of hydrogen-bond donors (Lipinski definition) is 1. The second-order valence-corrected chi connectivity index (χ2v) is 6.76. The van der Waals surface area contributed by atoms with Crippen LogP contribution in [0, 0.1) is 11.8 Å². The van der Waals surface area contributed by atoms with E-state index in [0.29, 0.717) is 11.3 Å². The Morgan fingerprint density at radius 3 is 2.19 bits per heavy atom. The van der Waals surface area contributed by atoms with Crippen LogP contribution in [-0.2, 0) is 23.9 Å². The summed E-state index contributed by atoms with van der Waals surface area (Å²) in [6.45, 7) is 4.96. The Balaban J connectivity index is 2.59. The molecule has 1 saturated carbocycles. The molecular weight excluding hydrogens is 352 g/mol. The van der Waals surface area contributed by atoms with Gasteiger partial charge in [-0.25, -0.2) is 0 Å². The summed E-state index contributed by atoms with van der Waals surface area (Å²) in [5.41, 5.74) is -1.09. The van der Waals surface area contributed by atoms with Gasteiger partial charge in [0.15, 0.2) is 5.78 Å². The third-order valence-corrected chi connectivity index (χ3v) is 4.85. The first-order chi connectivity index (χ1) is 12.8. The van der Waals surface area contributed by atoms with Crippen molar-refractivity contribution in [2.24, 2.45) is 11.8 Å². The van der Waals surface area contributed by atoms with Crippen LogP contribution in [0.25, 0.3) is 0 Å². The zero-order valence-corrected chi connectivity index (χ0v) is 16.1. The minimum atomic E-state index is -1.64. The molecule has 1 aromatic rings. The van der Waals surface area contributed by atoms with Gasteiger partial charge in [0.2, 0.25) is 0 Å². The van der Waals surface area contributed by atoms with Crippen molar-refractivity contribution >= 4 is 17.7 Å². The number of ketones is 1. The Labute approximate surface area is 158 Å². The van der Waals surface area contributed by atoms with Gasteiger partial charge in [-0.3, -0.25) is 14.4 Å². The van der Waals surface area contributed by atoms with Gasteiger partial charge in [0.1, 0.15) is 11.7 Å². The van der Waals surface area contributed by atoms with E-state index < -0.39 is 41.1 Å². The van der Waals surface area contributed by atoms with Gasteiger partial charge < -0.3 is 19.3 Å². The molecule has 0 saturated heterocycles. The highest BCUT2D eigenvalue weighted by Gasteiger charge is 2.57. The molecule has 0 heterocycles. The highest BCUT2D eigenvalue weighted by Crippen LogP contribution is 2.46. The van der Waals surface area contributed by atoms with Crippen molar-refractivity contribution in [1.82, 2.24) is 0 Å². The number of aliphatic hydroxyl groups is 1. The fraction of sp³-hybridized carbons (Fsp3) is 0.550. The smallest absolute Gasteiger partial charge is 0.317 e. The summed E-state index contributed by atoms with van der Waals surface area (Å²) in [4.78, 5) is 38.0. The summed E-state index contributed by atoms with van der Waals surface area (Å²) >= 11 is 0. The minimum absolute atomic E-state index is 0.110. The van der Waals surface area contributed by atoms with E-state index in [-0.39, 0.29) is 19.6 Å². The Bertz CT molecular complexity index is 693. The van der Waals surface area contributed by atoms with Crippen LogP contribution in [-0.4, -0.2) is 48.8 Å². The second-order valence-electron chi connectivity index (χ2n) is 6.76. The lowest BCUT2D eigenvalue weighted by Crippen LogP contribution is -2.55. The standard InChI is InChI=1S/C20H26O7/c1-5-26-18(22)16-14(21)11-20(3,24)17(19(23)27-6-2)15(16)12-7-9-13(25-4)10-8-12/h7-10,15-17,24H,5-6,11H2,1-4H3/t15-,16+,17+,20+/m1/s1. The van der Waals surface area contributed by atoms with Crippen molar-refractivity contribution in [3.8, 4) is 5.75 Å². The van der Waals surface area contributed by atoms with Gasteiger partial charge in [-0.1, -0.05) is 12.1 Å². The average molecular weight is 378 g/mol. The summed E-state index contributed by atoms with van der Waals surface area (Å²) in [5, 5.41) is 10.9. The molecule has 4 atom stereocenters. The lowest BCUT2D eigenvalue weighted by molar-refractivity contribution is -0.172. The van der Waals surface area contributed by atoms with Gasteiger partial charge in [-0.2, -0.15) is 0 Å². The fourth-order valence-corrected chi connectivity index (χ4v) is 3.71. The first-order valence-electron chi connectivity index (χ1n) is 8.99. The van der Waals surface area contributed by atoms with Crippen LogP contribution in [0.1, 0.15) is 38.7 Å². The highest BCUT2D eigenvalue weighted by molar-refractivity contribution is 6.02. The predicted octanol–water partition coefficient (Wildman–Crippen LogP) is 1.86. The zero-order valence-electron chi connectivity index (χ0n) is 16.1. The number of rotatable bonds is 6. The Hall–Kier alpha value is -2.41. The largest absolute Gasteiger partial charge is 0.497 e. The van der Waals surface area contributed by atoms with Crippen LogP contribution >= 0.6 is 0 Å². The van der Waals surface area contributed by atoms with Crippen LogP contribution in [0.3, 0.4) is 0 Å². The van der Waals surface area contributed by atoms with E-state index in [1.54, 1.807) is 38.1 Å². The van der Waals surface area contributed by atoms with Crippen LogP contribution < -0.4 is 4.74 Å². The number of hydrogen-bond acceptors (Lipinski definition) is 7. The molecule has 1 N–H and O–H groups in total. The van der Waals surface area contributed by atoms with Gasteiger partial charge >= 0.3 is 11.9 Å². The third kappa shape index (κ3) is 4.30. The first-order valence-corrected chi connectivity index (χ1v) is 8.99. The lowest BCUT2D eigenvalue weighted by atomic mass is 9.61. The van der Waals surface area contributed by atoms with Gasteiger partial charge in [-0.05, 0) is 38.5 Å². The molecule has 0 radical (unpaired) electrons. The summed E-state index contributed by atoms with van der Waals surface area (Å²) in [6, 6.07) is 6.70. The maximum Gasteiger partial charge on any atom is 0.317 e. The SMILES string of the molecule is CCOC(=O)[C@H]1C(=O)C[C@](C)(O)[C@H](C(=O)OCC)[C@@H]1c1ccc(OC)cc1. The van der Waals surface area contributed by atoms with E-state index in [0.717, 1.165) is 0 Å². The molecule has 1 aromatic carbocycles. The van der Waals surface area contributed by atoms with Crippen molar-refractivity contribution in [3.63, 3.8) is 0 Å². The van der Waals surface area contributed by atoms with Crippen LogP contribution in [0.2, 0.25) is 0 Å². The molecule has 1 aliphatic carbocycles. The maximum atomic E-state index is 12.7.